The lowest BCUT2D eigenvalue weighted by molar-refractivity contribution is -0.115. The van der Waals surface area contributed by atoms with Gasteiger partial charge in [-0.1, -0.05) is 23.2 Å². The number of nitrogen functional groups attached to an aromatic ring is 1. The summed E-state index contributed by atoms with van der Waals surface area (Å²) in [5.74, 6) is 1.38. The molecule has 0 unspecified atom stereocenters. The number of halogens is 2. The summed E-state index contributed by atoms with van der Waals surface area (Å²) in [6, 6.07) is 3.08. The SMILES string of the molecule is Nc1cc(Cl)c(NC(=O)CCSCCCO)c(Cl)c1. The molecule has 0 aliphatic rings. The molecule has 0 radical (unpaired) electrons. The van der Waals surface area contributed by atoms with E-state index in [2.05, 4.69) is 5.32 Å². The van der Waals surface area contributed by atoms with E-state index in [-0.39, 0.29) is 12.5 Å². The molecule has 0 atom stereocenters. The summed E-state index contributed by atoms with van der Waals surface area (Å²) in [5.41, 5.74) is 6.42. The average Bonchev–Trinajstić information content (AvgIpc) is 2.33. The topological polar surface area (TPSA) is 75.3 Å². The minimum atomic E-state index is -0.148. The molecule has 1 rings (SSSR count). The zero-order chi connectivity index (χ0) is 14.3. The molecule has 4 N–H and O–H groups in total. The van der Waals surface area contributed by atoms with Crippen molar-refractivity contribution >= 4 is 52.2 Å². The van der Waals surface area contributed by atoms with Gasteiger partial charge in [0.2, 0.25) is 5.91 Å². The maximum atomic E-state index is 11.7. The third-order valence-corrected chi connectivity index (χ3v) is 3.92. The standard InChI is InChI=1S/C12H16Cl2N2O2S/c13-9-6-8(15)7-10(14)12(9)16-11(18)2-5-19-4-1-3-17/h6-7,17H,1-5,15H2,(H,16,18). The maximum absolute atomic E-state index is 11.7. The Kier molecular flexibility index (Phi) is 7.38. The Morgan fingerprint density at radius 3 is 2.53 bits per heavy atom. The fraction of sp³-hybridized carbons (Fsp3) is 0.417. The Bertz CT molecular complexity index is 421. The van der Waals surface area contributed by atoms with Crippen molar-refractivity contribution < 1.29 is 9.90 Å². The number of anilines is 2. The van der Waals surface area contributed by atoms with Crippen LogP contribution in [0, 0.1) is 0 Å². The highest BCUT2D eigenvalue weighted by atomic mass is 35.5. The molecular formula is C12H16Cl2N2O2S. The van der Waals surface area contributed by atoms with Crippen LogP contribution in [0.25, 0.3) is 0 Å². The third kappa shape index (κ3) is 5.91. The summed E-state index contributed by atoms with van der Waals surface area (Å²) in [4.78, 5) is 11.7. The Morgan fingerprint density at radius 2 is 1.95 bits per heavy atom. The molecular weight excluding hydrogens is 307 g/mol. The van der Waals surface area contributed by atoms with Crippen molar-refractivity contribution in [3.8, 4) is 0 Å². The zero-order valence-corrected chi connectivity index (χ0v) is 12.6. The van der Waals surface area contributed by atoms with Gasteiger partial charge >= 0.3 is 0 Å². The highest BCUT2D eigenvalue weighted by molar-refractivity contribution is 7.99. The molecule has 1 aromatic rings. The fourth-order valence-corrected chi connectivity index (χ4v) is 2.81. The number of thioether (sulfide) groups is 1. The molecule has 0 spiro atoms. The highest BCUT2D eigenvalue weighted by Gasteiger charge is 2.10. The summed E-state index contributed by atoms with van der Waals surface area (Å²) in [5, 5.41) is 11.9. The van der Waals surface area contributed by atoms with Crippen molar-refractivity contribution in [3.05, 3.63) is 22.2 Å². The molecule has 1 amide bonds. The monoisotopic (exact) mass is 322 g/mol. The first kappa shape index (κ1) is 16.4. The van der Waals surface area contributed by atoms with Crippen LogP contribution in [0.2, 0.25) is 10.0 Å². The van der Waals surface area contributed by atoms with E-state index < -0.39 is 0 Å². The second kappa shape index (κ2) is 8.53. The molecule has 106 valence electrons. The number of carbonyl (C=O) groups excluding carboxylic acids is 1. The minimum absolute atomic E-state index is 0.148. The van der Waals surface area contributed by atoms with Crippen LogP contribution in [0.15, 0.2) is 12.1 Å². The van der Waals surface area contributed by atoms with E-state index in [4.69, 9.17) is 34.0 Å². The Labute approximate surface area is 126 Å². The Hall–Kier alpha value is -0.620. The fourth-order valence-electron chi connectivity index (χ4n) is 1.35. The first-order valence-corrected chi connectivity index (χ1v) is 7.68. The molecule has 0 aromatic heterocycles. The van der Waals surface area contributed by atoms with Gasteiger partial charge in [0.1, 0.15) is 0 Å². The van der Waals surface area contributed by atoms with Gasteiger partial charge in [-0.25, -0.2) is 0 Å². The summed E-state index contributed by atoms with van der Waals surface area (Å²) < 4.78 is 0. The molecule has 0 heterocycles. The lowest BCUT2D eigenvalue weighted by Crippen LogP contribution is -2.13. The number of benzene rings is 1. The molecule has 7 heteroatoms. The van der Waals surface area contributed by atoms with E-state index in [0.29, 0.717) is 33.6 Å². The quantitative estimate of drug-likeness (QED) is 0.532. The lowest BCUT2D eigenvalue weighted by Gasteiger charge is -2.10. The molecule has 1 aromatic carbocycles. The number of rotatable bonds is 7. The van der Waals surface area contributed by atoms with Crippen molar-refractivity contribution in [2.45, 2.75) is 12.8 Å². The summed E-state index contributed by atoms with van der Waals surface area (Å²) >= 11 is 13.6. The first-order valence-electron chi connectivity index (χ1n) is 5.77. The van der Waals surface area contributed by atoms with Crippen molar-refractivity contribution in [3.63, 3.8) is 0 Å². The van der Waals surface area contributed by atoms with Crippen molar-refractivity contribution in [2.24, 2.45) is 0 Å². The van der Waals surface area contributed by atoms with Crippen LogP contribution in [-0.4, -0.2) is 29.1 Å². The van der Waals surface area contributed by atoms with Crippen LogP contribution in [0.4, 0.5) is 11.4 Å². The Morgan fingerprint density at radius 1 is 1.32 bits per heavy atom. The van der Waals surface area contributed by atoms with E-state index in [9.17, 15) is 4.79 Å². The number of carbonyl (C=O) groups is 1. The van der Waals surface area contributed by atoms with Crippen LogP contribution >= 0.6 is 35.0 Å². The predicted octanol–water partition coefficient (Wildman–Crippen LogP) is 3.02. The van der Waals surface area contributed by atoms with Crippen LogP contribution in [0.1, 0.15) is 12.8 Å². The van der Waals surface area contributed by atoms with E-state index in [1.807, 2.05) is 0 Å². The summed E-state index contributed by atoms with van der Waals surface area (Å²) in [7, 11) is 0. The van der Waals surface area contributed by atoms with Gasteiger partial charge in [0.25, 0.3) is 0 Å². The second-order valence-corrected chi connectivity index (χ2v) is 5.89. The van der Waals surface area contributed by atoms with Gasteiger partial charge in [-0.3, -0.25) is 4.79 Å². The van der Waals surface area contributed by atoms with Crippen LogP contribution in [0.3, 0.4) is 0 Å². The third-order valence-electron chi connectivity index (χ3n) is 2.25. The number of aliphatic hydroxyl groups is 1. The van der Waals surface area contributed by atoms with E-state index in [0.717, 1.165) is 12.2 Å². The van der Waals surface area contributed by atoms with Gasteiger partial charge in [-0.2, -0.15) is 11.8 Å². The van der Waals surface area contributed by atoms with E-state index in [1.54, 1.807) is 23.9 Å². The molecule has 0 aliphatic heterocycles. The Balaban J connectivity index is 2.44. The number of amides is 1. The molecule has 0 fully saturated rings. The molecule has 0 saturated heterocycles. The minimum Gasteiger partial charge on any atom is -0.399 e. The second-order valence-electron chi connectivity index (χ2n) is 3.85. The molecule has 0 aliphatic carbocycles. The highest BCUT2D eigenvalue weighted by Crippen LogP contribution is 2.32. The average molecular weight is 323 g/mol. The zero-order valence-electron chi connectivity index (χ0n) is 10.3. The first-order chi connectivity index (χ1) is 9.04. The number of aliphatic hydroxyl groups excluding tert-OH is 1. The number of hydrogen-bond donors (Lipinski definition) is 3. The number of nitrogens with two attached hydrogens (primary N) is 1. The van der Waals surface area contributed by atoms with Crippen molar-refractivity contribution in [1.82, 2.24) is 0 Å². The molecule has 4 nitrogen and oxygen atoms in total. The van der Waals surface area contributed by atoms with Crippen LogP contribution in [-0.2, 0) is 4.79 Å². The normalized spacial score (nSPS) is 10.5. The van der Waals surface area contributed by atoms with Crippen molar-refractivity contribution in [2.75, 3.05) is 29.2 Å². The largest absolute Gasteiger partial charge is 0.399 e. The number of hydrogen-bond acceptors (Lipinski definition) is 4. The van der Waals surface area contributed by atoms with E-state index >= 15 is 0 Å². The van der Waals surface area contributed by atoms with Crippen LogP contribution < -0.4 is 11.1 Å². The van der Waals surface area contributed by atoms with Gasteiger partial charge in [-0.05, 0) is 24.3 Å². The summed E-state index contributed by atoms with van der Waals surface area (Å²) in [6.07, 6.45) is 1.11. The molecule has 0 bridgehead atoms. The molecule has 19 heavy (non-hydrogen) atoms. The van der Waals surface area contributed by atoms with Gasteiger partial charge in [0.15, 0.2) is 0 Å². The van der Waals surface area contributed by atoms with Gasteiger partial charge in [-0.15, -0.1) is 0 Å². The van der Waals surface area contributed by atoms with Crippen molar-refractivity contribution in [1.29, 1.82) is 0 Å². The van der Waals surface area contributed by atoms with E-state index in [1.165, 1.54) is 0 Å². The van der Waals surface area contributed by atoms with Crippen LogP contribution in [0.5, 0.6) is 0 Å². The van der Waals surface area contributed by atoms with Gasteiger partial charge in [0, 0.05) is 24.5 Å². The summed E-state index contributed by atoms with van der Waals surface area (Å²) in [6.45, 7) is 0.176. The number of nitrogens with one attached hydrogen (secondary N) is 1. The lowest BCUT2D eigenvalue weighted by atomic mass is 10.2. The maximum Gasteiger partial charge on any atom is 0.225 e. The van der Waals surface area contributed by atoms with Gasteiger partial charge < -0.3 is 16.2 Å². The molecule has 0 saturated carbocycles. The smallest absolute Gasteiger partial charge is 0.225 e. The predicted molar refractivity (Wildman–Crippen MR) is 83.1 cm³/mol. The van der Waals surface area contributed by atoms with Gasteiger partial charge in [0.05, 0.1) is 15.7 Å².